The van der Waals surface area contributed by atoms with Gasteiger partial charge in [0, 0.05) is 42.3 Å². The topological polar surface area (TPSA) is 61.4 Å². The van der Waals surface area contributed by atoms with E-state index in [1.807, 2.05) is 41.8 Å². The fraction of sp³-hybridized carbons (Fsp3) is 0.579. The van der Waals surface area contributed by atoms with Crippen LogP contribution in [0.25, 0.3) is 0 Å². The molecular formula is C19H27N3O2S. The number of anilines is 1. The van der Waals surface area contributed by atoms with Crippen molar-refractivity contribution in [3.05, 3.63) is 29.3 Å². The van der Waals surface area contributed by atoms with Gasteiger partial charge in [0.25, 0.3) is 5.91 Å². The third-order valence-electron chi connectivity index (χ3n) is 5.00. The molecule has 0 aromatic heterocycles. The maximum Gasteiger partial charge on any atom is 0.253 e. The molecule has 2 saturated heterocycles. The number of thioether (sulfide) groups is 1. The van der Waals surface area contributed by atoms with Crippen LogP contribution < -0.4 is 10.6 Å². The Morgan fingerprint density at radius 2 is 2.12 bits per heavy atom. The molecule has 5 nitrogen and oxygen atoms in total. The molecule has 136 valence electrons. The van der Waals surface area contributed by atoms with Crippen molar-refractivity contribution in [2.24, 2.45) is 5.92 Å². The highest BCUT2D eigenvalue weighted by Gasteiger charge is 2.20. The molecule has 0 spiro atoms. The molecule has 2 N–H and O–H groups in total. The number of nitrogens with one attached hydrogen (secondary N) is 2. The molecule has 25 heavy (non-hydrogen) atoms. The summed E-state index contributed by atoms with van der Waals surface area (Å²) in [7, 11) is 0. The molecule has 2 heterocycles. The minimum Gasteiger partial charge on any atom is -0.337 e. The standard InChI is InChI=1S/C19H27N3O2S/c1-14-2-4-16(19(24)22-8-10-25-11-9-22)12-17(14)21-18(23)5-3-15-6-7-20-13-15/h2,4,12,15,20H,3,5-11,13H2,1H3,(H,21,23). The molecule has 0 aliphatic carbocycles. The van der Waals surface area contributed by atoms with Crippen molar-refractivity contribution in [2.45, 2.75) is 26.2 Å². The van der Waals surface area contributed by atoms with Gasteiger partial charge in [-0.25, -0.2) is 0 Å². The number of hydrogen-bond donors (Lipinski definition) is 2. The van der Waals surface area contributed by atoms with Crippen molar-refractivity contribution >= 4 is 29.3 Å². The lowest BCUT2D eigenvalue weighted by Crippen LogP contribution is -2.37. The summed E-state index contributed by atoms with van der Waals surface area (Å²) < 4.78 is 0. The zero-order chi connectivity index (χ0) is 17.6. The third kappa shape index (κ3) is 4.98. The van der Waals surface area contributed by atoms with E-state index in [1.165, 1.54) is 0 Å². The Hall–Kier alpha value is -1.53. The van der Waals surface area contributed by atoms with Crippen LogP contribution in [0.15, 0.2) is 18.2 Å². The number of carbonyl (C=O) groups is 2. The quantitative estimate of drug-likeness (QED) is 0.846. The molecule has 1 unspecified atom stereocenters. The van der Waals surface area contributed by atoms with Gasteiger partial charge in [0.15, 0.2) is 0 Å². The summed E-state index contributed by atoms with van der Waals surface area (Å²) in [5, 5.41) is 6.33. The van der Waals surface area contributed by atoms with Crippen molar-refractivity contribution in [3.8, 4) is 0 Å². The number of amides is 2. The van der Waals surface area contributed by atoms with Crippen LogP contribution in [0, 0.1) is 12.8 Å². The smallest absolute Gasteiger partial charge is 0.253 e. The lowest BCUT2D eigenvalue weighted by Gasteiger charge is -2.26. The van der Waals surface area contributed by atoms with E-state index in [4.69, 9.17) is 0 Å². The minimum atomic E-state index is 0.0361. The second kappa shape index (κ2) is 8.72. The summed E-state index contributed by atoms with van der Waals surface area (Å²) in [5.74, 6) is 2.70. The Kier molecular flexibility index (Phi) is 6.37. The van der Waals surface area contributed by atoms with Crippen molar-refractivity contribution < 1.29 is 9.59 Å². The van der Waals surface area contributed by atoms with Crippen LogP contribution in [0.3, 0.4) is 0 Å². The lowest BCUT2D eigenvalue weighted by molar-refractivity contribution is -0.116. The van der Waals surface area contributed by atoms with Gasteiger partial charge < -0.3 is 15.5 Å². The number of nitrogens with zero attached hydrogens (tertiary/aromatic N) is 1. The zero-order valence-corrected chi connectivity index (χ0v) is 15.7. The number of aryl methyl sites for hydroxylation is 1. The number of rotatable bonds is 5. The van der Waals surface area contributed by atoms with Gasteiger partial charge in [-0.2, -0.15) is 11.8 Å². The van der Waals surface area contributed by atoms with E-state index in [0.29, 0.717) is 17.9 Å². The molecule has 2 aliphatic rings. The SMILES string of the molecule is Cc1ccc(C(=O)N2CCSCC2)cc1NC(=O)CCC1CCNC1. The normalized spacial score (nSPS) is 20.5. The summed E-state index contributed by atoms with van der Waals surface area (Å²) in [6, 6.07) is 5.61. The van der Waals surface area contributed by atoms with Crippen molar-refractivity contribution in [2.75, 3.05) is 43.0 Å². The molecule has 2 fully saturated rings. The van der Waals surface area contributed by atoms with Crippen molar-refractivity contribution in [3.63, 3.8) is 0 Å². The van der Waals surface area contributed by atoms with E-state index in [9.17, 15) is 9.59 Å². The van der Waals surface area contributed by atoms with Crippen LogP contribution >= 0.6 is 11.8 Å². The van der Waals surface area contributed by atoms with Gasteiger partial charge in [0.1, 0.15) is 0 Å². The Morgan fingerprint density at radius 1 is 1.32 bits per heavy atom. The van der Waals surface area contributed by atoms with Gasteiger partial charge in [0.2, 0.25) is 5.91 Å². The van der Waals surface area contributed by atoms with E-state index in [1.54, 1.807) is 0 Å². The largest absolute Gasteiger partial charge is 0.337 e. The Balaban J connectivity index is 1.60. The summed E-state index contributed by atoms with van der Waals surface area (Å²) in [5.41, 5.74) is 2.40. The van der Waals surface area contributed by atoms with Crippen molar-refractivity contribution in [1.82, 2.24) is 10.2 Å². The first-order valence-corrected chi connectivity index (χ1v) is 10.3. The van der Waals surface area contributed by atoms with Crippen LogP contribution in [-0.2, 0) is 4.79 Å². The Morgan fingerprint density at radius 3 is 2.84 bits per heavy atom. The molecular weight excluding hydrogens is 334 g/mol. The summed E-state index contributed by atoms with van der Waals surface area (Å²) in [4.78, 5) is 26.8. The average Bonchev–Trinajstić information content (AvgIpc) is 3.15. The predicted octanol–water partition coefficient (Wildman–Crippen LogP) is 2.51. The summed E-state index contributed by atoms with van der Waals surface area (Å²) in [6.07, 6.45) is 2.61. The Labute approximate surface area is 153 Å². The minimum absolute atomic E-state index is 0.0361. The molecule has 2 amide bonds. The molecule has 0 radical (unpaired) electrons. The maximum absolute atomic E-state index is 12.6. The fourth-order valence-electron chi connectivity index (χ4n) is 3.35. The first-order chi connectivity index (χ1) is 12.1. The van der Waals surface area contributed by atoms with Crippen LogP contribution in [0.4, 0.5) is 5.69 Å². The first kappa shape index (κ1) is 18.3. The molecule has 3 rings (SSSR count). The molecule has 6 heteroatoms. The predicted molar refractivity (Wildman–Crippen MR) is 103 cm³/mol. The lowest BCUT2D eigenvalue weighted by atomic mass is 10.0. The van der Waals surface area contributed by atoms with E-state index >= 15 is 0 Å². The maximum atomic E-state index is 12.6. The number of hydrogen-bond acceptors (Lipinski definition) is 4. The van der Waals surface area contributed by atoms with Crippen LogP contribution in [0.2, 0.25) is 0 Å². The van der Waals surface area contributed by atoms with Gasteiger partial charge in [-0.1, -0.05) is 6.07 Å². The van der Waals surface area contributed by atoms with Gasteiger partial charge in [-0.3, -0.25) is 9.59 Å². The Bertz CT molecular complexity index is 623. The molecule has 1 aromatic rings. The van der Waals surface area contributed by atoms with E-state index in [0.717, 1.165) is 61.8 Å². The second-order valence-corrected chi connectivity index (χ2v) is 8.10. The summed E-state index contributed by atoms with van der Waals surface area (Å²) in [6.45, 7) is 5.64. The van der Waals surface area contributed by atoms with Crippen LogP contribution in [0.1, 0.15) is 35.2 Å². The molecule has 1 atom stereocenters. The first-order valence-electron chi connectivity index (χ1n) is 9.12. The molecule has 0 saturated carbocycles. The zero-order valence-electron chi connectivity index (χ0n) is 14.8. The highest BCUT2D eigenvalue weighted by molar-refractivity contribution is 7.99. The number of carbonyl (C=O) groups excluding carboxylic acids is 2. The highest BCUT2D eigenvalue weighted by Crippen LogP contribution is 2.21. The van der Waals surface area contributed by atoms with Gasteiger partial charge >= 0.3 is 0 Å². The summed E-state index contributed by atoms with van der Waals surface area (Å²) >= 11 is 1.89. The van der Waals surface area contributed by atoms with E-state index in [2.05, 4.69) is 10.6 Å². The van der Waals surface area contributed by atoms with Crippen molar-refractivity contribution in [1.29, 1.82) is 0 Å². The monoisotopic (exact) mass is 361 g/mol. The second-order valence-electron chi connectivity index (χ2n) is 6.88. The molecule has 2 aliphatic heterocycles. The average molecular weight is 362 g/mol. The van der Waals surface area contributed by atoms with Crippen LogP contribution in [0.5, 0.6) is 0 Å². The third-order valence-corrected chi connectivity index (χ3v) is 5.94. The van der Waals surface area contributed by atoms with E-state index in [-0.39, 0.29) is 11.8 Å². The van der Waals surface area contributed by atoms with E-state index < -0.39 is 0 Å². The van der Waals surface area contributed by atoms with Gasteiger partial charge in [-0.05, 0) is 56.5 Å². The van der Waals surface area contributed by atoms with Gasteiger partial charge in [-0.15, -0.1) is 0 Å². The number of benzene rings is 1. The van der Waals surface area contributed by atoms with Gasteiger partial charge in [0.05, 0.1) is 0 Å². The fourth-order valence-corrected chi connectivity index (χ4v) is 4.25. The van der Waals surface area contributed by atoms with Crippen LogP contribution in [-0.4, -0.2) is 54.4 Å². The highest BCUT2D eigenvalue weighted by atomic mass is 32.2. The molecule has 0 bridgehead atoms. The molecule has 1 aromatic carbocycles.